The molecule has 1 aromatic heterocycles. The topological polar surface area (TPSA) is 63.3 Å². The third kappa shape index (κ3) is 3.94. The normalized spacial score (nSPS) is 20.1. The van der Waals surface area contributed by atoms with Crippen LogP contribution < -0.4 is 5.73 Å². The van der Waals surface area contributed by atoms with E-state index in [2.05, 4.69) is 0 Å². The summed E-state index contributed by atoms with van der Waals surface area (Å²) in [6.45, 7) is 0. The molecule has 19 heavy (non-hydrogen) atoms. The molecule has 0 amide bonds. The Morgan fingerprint density at radius 1 is 1.42 bits per heavy atom. The molecule has 3 N–H and O–H groups in total. The molecule has 0 saturated heterocycles. The van der Waals surface area contributed by atoms with Crippen molar-refractivity contribution in [3.63, 3.8) is 0 Å². The Balaban J connectivity index is 2.08. The van der Waals surface area contributed by atoms with Gasteiger partial charge in [0.1, 0.15) is 0 Å². The molecule has 1 aromatic rings. The van der Waals surface area contributed by atoms with Crippen LogP contribution in [0.15, 0.2) is 12.1 Å². The van der Waals surface area contributed by atoms with Gasteiger partial charge < -0.3 is 10.8 Å². The molecule has 0 bridgehead atoms. The summed E-state index contributed by atoms with van der Waals surface area (Å²) in [5.41, 5.74) is 6.13. The van der Waals surface area contributed by atoms with Crippen LogP contribution in [-0.4, -0.2) is 11.1 Å². The fraction of sp³-hybridized carbons (Fsp3) is 0.643. The first-order chi connectivity index (χ1) is 9.01. The Morgan fingerprint density at radius 3 is 2.63 bits per heavy atom. The Kier molecular flexibility index (Phi) is 4.87. The quantitative estimate of drug-likeness (QED) is 0.856. The van der Waals surface area contributed by atoms with Crippen LogP contribution in [0.1, 0.15) is 55.9 Å². The average Bonchev–Trinajstić information content (AvgIpc) is 2.76. The van der Waals surface area contributed by atoms with Crippen molar-refractivity contribution < 1.29 is 9.90 Å². The number of thiophene rings is 1. The maximum atomic E-state index is 11.1. The van der Waals surface area contributed by atoms with Gasteiger partial charge in [-0.2, -0.15) is 0 Å². The van der Waals surface area contributed by atoms with Gasteiger partial charge in [0.15, 0.2) is 0 Å². The summed E-state index contributed by atoms with van der Waals surface area (Å²) >= 11 is 7.43. The summed E-state index contributed by atoms with van der Waals surface area (Å²) in [7, 11) is 0. The molecule has 5 heteroatoms. The third-order valence-electron chi connectivity index (χ3n) is 4.05. The molecule has 106 valence electrons. The Hall–Kier alpha value is -0.580. The van der Waals surface area contributed by atoms with Crippen molar-refractivity contribution in [2.45, 2.75) is 51.0 Å². The Labute approximate surface area is 122 Å². The first-order valence-electron chi connectivity index (χ1n) is 6.73. The molecular weight excluding hydrogens is 282 g/mol. The zero-order valence-corrected chi connectivity index (χ0v) is 12.5. The van der Waals surface area contributed by atoms with Gasteiger partial charge in [0.05, 0.1) is 10.8 Å². The summed E-state index contributed by atoms with van der Waals surface area (Å²) in [6.07, 6.45) is 6.38. The zero-order valence-electron chi connectivity index (χ0n) is 10.9. The summed E-state index contributed by atoms with van der Waals surface area (Å²) in [4.78, 5) is 12.2. The van der Waals surface area contributed by atoms with Gasteiger partial charge in [-0.05, 0) is 36.8 Å². The van der Waals surface area contributed by atoms with E-state index in [1.807, 2.05) is 12.1 Å². The van der Waals surface area contributed by atoms with Gasteiger partial charge in [0.25, 0.3) is 0 Å². The number of rotatable bonds is 5. The largest absolute Gasteiger partial charge is 0.481 e. The number of hydrogen-bond acceptors (Lipinski definition) is 3. The van der Waals surface area contributed by atoms with Crippen molar-refractivity contribution in [3.05, 3.63) is 21.3 Å². The van der Waals surface area contributed by atoms with Crippen molar-refractivity contribution in [1.82, 2.24) is 0 Å². The molecule has 1 aliphatic rings. The number of hydrogen-bond donors (Lipinski definition) is 2. The maximum Gasteiger partial charge on any atom is 0.303 e. The van der Waals surface area contributed by atoms with E-state index in [0.29, 0.717) is 0 Å². The number of carbonyl (C=O) groups is 1. The molecule has 0 aliphatic heterocycles. The second-order valence-corrected chi connectivity index (χ2v) is 7.33. The van der Waals surface area contributed by atoms with Crippen LogP contribution in [0, 0.1) is 5.41 Å². The zero-order chi connectivity index (χ0) is 13.9. The van der Waals surface area contributed by atoms with E-state index in [9.17, 15) is 4.79 Å². The smallest absolute Gasteiger partial charge is 0.303 e. The Morgan fingerprint density at radius 2 is 2.11 bits per heavy atom. The number of nitrogens with two attached hydrogens (primary N) is 1. The lowest BCUT2D eigenvalue weighted by molar-refractivity contribution is -0.140. The molecule has 0 spiro atoms. The molecule has 0 aromatic carbocycles. The van der Waals surface area contributed by atoms with Crippen LogP contribution >= 0.6 is 22.9 Å². The lowest BCUT2D eigenvalue weighted by Gasteiger charge is -2.38. The van der Waals surface area contributed by atoms with E-state index in [1.165, 1.54) is 17.8 Å². The molecule has 1 heterocycles. The van der Waals surface area contributed by atoms with E-state index < -0.39 is 5.97 Å². The van der Waals surface area contributed by atoms with Gasteiger partial charge in [-0.3, -0.25) is 4.79 Å². The van der Waals surface area contributed by atoms with Gasteiger partial charge in [-0.25, -0.2) is 0 Å². The average molecular weight is 302 g/mol. The maximum absolute atomic E-state index is 11.1. The monoisotopic (exact) mass is 301 g/mol. The Bertz CT molecular complexity index is 440. The molecule has 1 unspecified atom stereocenters. The molecular formula is C14H20ClNO2S. The van der Waals surface area contributed by atoms with Crippen molar-refractivity contribution >= 4 is 28.9 Å². The SMILES string of the molecule is NC(CC1(CC(=O)O)CCCCC1)c1ccc(Cl)s1. The van der Waals surface area contributed by atoms with Crippen molar-refractivity contribution in [2.75, 3.05) is 0 Å². The van der Waals surface area contributed by atoms with Crippen LogP contribution in [0.2, 0.25) is 4.34 Å². The number of carboxylic acid groups (broad SMARTS) is 1. The number of carboxylic acids is 1. The van der Waals surface area contributed by atoms with E-state index >= 15 is 0 Å². The lowest BCUT2D eigenvalue weighted by atomic mass is 9.68. The van der Waals surface area contributed by atoms with Crippen LogP contribution in [0.3, 0.4) is 0 Å². The standard InChI is InChI=1S/C14H20ClNO2S/c15-12-5-4-11(19-12)10(16)8-14(9-13(17)18)6-2-1-3-7-14/h4-5,10H,1-3,6-9,16H2,(H,17,18). The molecule has 2 rings (SSSR count). The van der Waals surface area contributed by atoms with Crippen molar-refractivity contribution in [1.29, 1.82) is 0 Å². The second-order valence-electron chi connectivity index (χ2n) is 5.58. The van der Waals surface area contributed by atoms with E-state index in [0.717, 1.165) is 41.3 Å². The van der Waals surface area contributed by atoms with Gasteiger partial charge in [0.2, 0.25) is 0 Å². The second kappa shape index (κ2) is 6.25. The van der Waals surface area contributed by atoms with Crippen molar-refractivity contribution in [3.8, 4) is 0 Å². The van der Waals surface area contributed by atoms with Gasteiger partial charge in [-0.1, -0.05) is 30.9 Å². The molecule has 1 atom stereocenters. The highest BCUT2D eigenvalue weighted by atomic mass is 35.5. The van der Waals surface area contributed by atoms with Gasteiger partial charge in [0, 0.05) is 10.9 Å². The highest BCUT2D eigenvalue weighted by Gasteiger charge is 2.36. The lowest BCUT2D eigenvalue weighted by Crippen LogP contribution is -2.31. The number of halogens is 1. The molecule has 3 nitrogen and oxygen atoms in total. The van der Waals surface area contributed by atoms with Crippen LogP contribution in [0.25, 0.3) is 0 Å². The first kappa shape index (κ1) is 14.8. The molecule has 0 radical (unpaired) electrons. The minimum absolute atomic E-state index is 0.102. The fourth-order valence-corrected chi connectivity index (χ4v) is 4.23. The highest BCUT2D eigenvalue weighted by Crippen LogP contribution is 2.46. The predicted octanol–water partition coefficient (Wildman–Crippen LogP) is 4.22. The fourth-order valence-electron chi connectivity index (χ4n) is 3.17. The highest BCUT2D eigenvalue weighted by molar-refractivity contribution is 7.16. The van der Waals surface area contributed by atoms with Crippen LogP contribution in [-0.2, 0) is 4.79 Å². The van der Waals surface area contributed by atoms with E-state index in [1.54, 1.807) is 0 Å². The minimum atomic E-state index is -0.710. The molecule has 1 saturated carbocycles. The number of aliphatic carboxylic acids is 1. The summed E-state index contributed by atoms with van der Waals surface area (Å²) in [5, 5.41) is 9.16. The first-order valence-corrected chi connectivity index (χ1v) is 7.93. The molecule has 1 aliphatic carbocycles. The van der Waals surface area contributed by atoms with E-state index in [-0.39, 0.29) is 17.9 Å². The van der Waals surface area contributed by atoms with Crippen molar-refractivity contribution in [2.24, 2.45) is 11.1 Å². The summed E-state index contributed by atoms with van der Waals surface area (Å²) in [6, 6.07) is 3.70. The third-order valence-corrected chi connectivity index (χ3v) is 5.42. The van der Waals surface area contributed by atoms with E-state index in [4.69, 9.17) is 22.4 Å². The minimum Gasteiger partial charge on any atom is -0.481 e. The predicted molar refractivity (Wildman–Crippen MR) is 78.6 cm³/mol. The van der Waals surface area contributed by atoms with Crippen LogP contribution in [0.5, 0.6) is 0 Å². The van der Waals surface area contributed by atoms with Crippen LogP contribution in [0.4, 0.5) is 0 Å². The summed E-state index contributed by atoms with van der Waals surface area (Å²) < 4.78 is 0.737. The van der Waals surface area contributed by atoms with Gasteiger partial charge in [-0.15, -0.1) is 11.3 Å². The summed E-state index contributed by atoms with van der Waals surface area (Å²) in [5.74, 6) is -0.710. The molecule has 1 fully saturated rings. The van der Waals surface area contributed by atoms with Gasteiger partial charge >= 0.3 is 5.97 Å².